The minimum Gasteiger partial charge on any atom is -0.503 e. The van der Waals surface area contributed by atoms with E-state index in [2.05, 4.69) is 0 Å². The van der Waals surface area contributed by atoms with Gasteiger partial charge in [-0.2, -0.15) is 4.73 Å². The molecule has 78 valence electrons. The van der Waals surface area contributed by atoms with E-state index in [9.17, 15) is 15.1 Å². The number of aromatic hydroxyl groups is 1. The third kappa shape index (κ3) is 1.60. The molecule has 2 N–H and O–H groups in total. The van der Waals surface area contributed by atoms with Crippen molar-refractivity contribution in [1.82, 2.24) is 4.73 Å². The first-order valence-electron chi connectivity index (χ1n) is 4.40. The Kier molecular flexibility index (Phi) is 2.31. The van der Waals surface area contributed by atoms with Crippen molar-refractivity contribution in [2.24, 2.45) is 0 Å². The van der Waals surface area contributed by atoms with E-state index in [1.54, 1.807) is 0 Å². The van der Waals surface area contributed by atoms with Gasteiger partial charge in [0.15, 0.2) is 5.75 Å². The smallest absolute Gasteiger partial charge is 0.223 e. The molecule has 1 heterocycles. The molecule has 14 heavy (non-hydrogen) atoms. The first-order valence-corrected chi connectivity index (χ1v) is 4.40. The molecule has 4 nitrogen and oxygen atoms in total. The Labute approximate surface area is 82.4 Å². The van der Waals surface area contributed by atoms with Crippen molar-refractivity contribution < 1.29 is 10.3 Å². The van der Waals surface area contributed by atoms with E-state index < -0.39 is 11.2 Å². The summed E-state index contributed by atoms with van der Waals surface area (Å²) >= 11 is 0. The highest BCUT2D eigenvalue weighted by atomic mass is 16.5. The normalized spacial score (nSPS) is 11.7. The molecule has 0 aliphatic rings. The third-order valence-corrected chi connectivity index (χ3v) is 2.16. The van der Waals surface area contributed by atoms with Crippen LogP contribution in [0.5, 0.6) is 5.75 Å². The lowest BCUT2D eigenvalue weighted by Gasteiger charge is -2.22. The van der Waals surface area contributed by atoms with Crippen molar-refractivity contribution in [2.75, 3.05) is 0 Å². The molecule has 0 bridgehead atoms. The quantitative estimate of drug-likeness (QED) is 0.618. The third-order valence-electron chi connectivity index (χ3n) is 2.16. The van der Waals surface area contributed by atoms with E-state index >= 15 is 0 Å². The van der Waals surface area contributed by atoms with Crippen LogP contribution in [0.1, 0.15) is 32.2 Å². The van der Waals surface area contributed by atoms with Crippen LogP contribution in [0.2, 0.25) is 0 Å². The summed E-state index contributed by atoms with van der Waals surface area (Å²) in [6, 6.07) is 1.25. The van der Waals surface area contributed by atoms with Crippen molar-refractivity contribution in [3.8, 4) is 5.75 Å². The summed E-state index contributed by atoms with van der Waals surface area (Å²) in [4.78, 5) is 11.3. The zero-order valence-corrected chi connectivity index (χ0v) is 8.83. The van der Waals surface area contributed by atoms with Crippen molar-refractivity contribution in [3.05, 3.63) is 27.7 Å². The summed E-state index contributed by atoms with van der Waals surface area (Å²) in [5.41, 5.74) is -0.148. The Balaban J connectivity index is 3.57. The number of hydrogen-bond donors (Lipinski definition) is 2. The molecule has 0 unspecified atom stereocenters. The molecular formula is C10H15NO3. The van der Waals surface area contributed by atoms with Gasteiger partial charge < -0.3 is 10.3 Å². The second-order valence-electron chi connectivity index (χ2n) is 4.39. The summed E-state index contributed by atoms with van der Waals surface area (Å²) in [6.45, 7) is 7.13. The van der Waals surface area contributed by atoms with Gasteiger partial charge >= 0.3 is 0 Å². The Morgan fingerprint density at radius 1 is 1.36 bits per heavy atom. The maximum Gasteiger partial charge on any atom is 0.223 e. The molecule has 1 aromatic rings. The average molecular weight is 197 g/mol. The van der Waals surface area contributed by atoms with Gasteiger partial charge in [-0.25, -0.2) is 0 Å². The maximum absolute atomic E-state index is 11.3. The lowest BCUT2D eigenvalue weighted by atomic mass is 9.91. The van der Waals surface area contributed by atoms with Crippen molar-refractivity contribution in [1.29, 1.82) is 0 Å². The van der Waals surface area contributed by atoms with Gasteiger partial charge in [-0.05, 0) is 6.92 Å². The first kappa shape index (κ1) is 10.6. The van der Waals surface area contributed by atoms with Crippen LogP contribution in [-0.4, -0.2) is 15.0 Å². The van der Waals surface area contributed by atoms with Crippen molar-refractivity contribution in [3.63, 3.8) is 0 Å². The molecule has 0 aliphatic carbocycles. The van der Waals surface area contributed by atoms with Crippen LogP contribution >= 0.6 is 0 Å². The van der Waals surface area contributed by atoms with E-state index in [1.807, 2.05) is 20.8 Å². The van der Waals surface area contributed by atoms with Gasteiger partial charge in [0, 0.05) is 11.5 Å². The van der Waals surface area contributed by atoms with Crippen LogP contribution in [0.4, 0.5) is 0 Å². The van der Waals surface area contributed by atoms with E-state index in [-0.39, 0.29) is 11.1 Å². The number of pyridine rings is 1. The fourth-order valence-corrected chi connectivity index (χ4v) is 1.25. The van der Waals surface area contributed by atoms with Crippen molar-refractivity contribution in [2.45, 2.75) is 33.1 Å². The molecular weight excluding hydrogens is 182 g/mol. The predicted molar refractivity (Wildman–Crippen MR) is 53.0 cm³/mol. The number of nitrogens with zero attached hydrogens (tertiary/aromatic N) is 1. The second-order valence-corrected chi connectivity index (χ2v) is 4.39. The van der Waals surface area contributed by atoms with Crippen LogP contribution in [0.25, 0.3) is 0 Å². The van der Waals surface area contributed by atoms with Crippen LogP contribution in [0, 0.1) is 6.92 Å². The second kappa shape index (κ2) is 3.04. The molecule has 0 fully saturated rings. The van der Waals surface area contributed by atoms with Gasteiger partial charge in [0.05, 0.1) is 11.4 Å². The highest BCUT2D eigenvalue weighted by Gasteiger charge is 2.21. The molecule has 1 rings (SSSR count). The minimum atomic E-state index is -0.460. The average Bonchev–Trinajstić information content (AvgIpc) is 2.06. The lowest BCUT2D eigenvalue weighted by molar-refractivity contribution is 0.153. The molecule has 0 spiro atoms. The molecule has 1 aromatic heterocycles. The van der Waals surface area contributed by atoms with Crippen LogP contribution < -0.4 is 5.43 Å². The van der Waals surface area contributed by atoms with Gasteiger partial charge in [-0.15, -0.1) is 0 Å². The van der Waals surface area contributed by atoms with E-state index in [1.165, 1.54) is 13.0 Å². The maximum atomic E-state index is 11.3. The Morgan fingerprint density at radius 2 is 1.86 bits per heavy atom. The summed E-state index contributed by atoms with van der Waals surface area (Å²) < 4.78 is 0.858. The van der Waals surface area contributed by atoms with Gasteiger partial charge in [0.2, 0.25) is 5.43 Å². The summed E-state index contributed by atoms with van der Waals surface area (Å²) in [6.07, 6.45) is 0. The molecule has 0 saturated heterocycles. The molecule has 0 aliphatic heterocycles. The Bertz CT molecular complexity index is 413. The van der Waals surface area contributed by atoms with Crippen molar-refractivity contribution >= 4 is 0 Å². The molecule has 0 saturated carbocycles. The summed E-state index contributed by atoms with van der Waals surface area (Å²) in [5, 5.41) is 18.9. The first-order chi connectivity index (χ1) is 6.25. The molecule has 4 heteroatoms. The molecule has 0 atom stereocenters. The largest absolute Gasteiger partial charge is 0.503 e. The zero-order chi connectivity index (χ0) is 11.1. The predicted octanol–water partition coefficient (Wildman–Crippen LogP) is 1.40. The number of hydrogen-bond acceptors (Lipinski definition) is 3. The monoisotopic (exact) mass is 197 g/mol. The Morgan fingerprint density at radius 3 is 2.29 bits per heavy atom. The van der Waals surface area contributed by atoms with E-state index in [0.29, 0.717) is 5.69 Å². The molecule has 0 amide bonds. The molecule has 0 radical (unpaired) electrons. The topological polar surface area (TPSA) is 62.5 Å². The number of rotatable bonds is 0. The highest BCUT2D eigenvalue weighted by molar-refractivity contribution is 5.30. The van der Waals surface area contributed by atoms with Gasteiger partial charge in [-0.3, -0.25) is 4.79 Å². The lowest BCUT2D eigenvalue weighted by Crippen LogP contribution is -2.23. The van der Waals surface area contributed by atoms with Gasteiger partial charge in [-0.1, -0.05) is 20.8 Å². The van der Waals surface area contributed by atoms with E-state index in [0.717, 1.165) is 4.73 Å². The van der Waals surface area contributed by atoms with Crippen LogP contribution in [0.15, 0.2) is 10.9 Å². The summed E-state index contributed by atoms with van der Waals surface area (Å²) in [5.74, 6) is -0.402. The van der Waals surface area contributed by atoms with Crippen LogP contribution in [0.3, 0.4) is 0 Å². The van der Waals surface area contributed by atoms with Crippen LogP contribution in [-0.2, 0) is 5.41 Å². The zero-order valence-electron chi connectivity index (χ0n) is 8.83. The standard InChI is InChI=1S/C10H15NO3/c1-6-9(13)7(12)5-8(11(6)14)10(2,3)4/h5,13-14H,1-4H3. The summed E-state index contributed by atoms with van der Waals surface area (Å²) in [7, 11) is 0. The highest BCUT2D eigenvalue weighted by Crippen LogP contribution is 2.23. The Hall–Kier alpha value is -1.45. The fourth-order valence-electron chi connectivity index (χ4n) is 1.25. The number of aromatic nitrogens is 1. The van der Waals surface area contributed by atoms with Gasteiger partial charge in [0.25, 0.3) is 0 Å². The fraction of sp³-hybridized carbons (Fsp3) is 0.500. The minimum absolute atomic E-state index is 0.169. The molecule has 0 aromatic carbocycles. The van der Waals surface area contributed by atoms with E-state index in [4.69, 9.17) is 0 Å². The SMILES string of the molecule is Cc1c(O)c(=O)cc(C(C)(C)C)n1O. The van der Waals surface area contributed by atoms with Gasteiger partial charge in [0.1, 0.15) is 0 Å².